The number of hydrogen-bond acceptors (Lipinski definition) is 4. The molecule has 34 heavy (non-hydrogen) atoms. The van der Waals surface area contributed by atoms with E-state index in [-0.39, 0.29) is 30.0 Å². The number of amides is 3. The molecule has 2 aliphatic rings. The number of nitrogens with one attached hydrogen (secondary N) is 1. The van der Waals surface area contributed by atoms with Crippen LogP contribution in [0.1, 0.15) is 16.7 Å². The fourth-order valence-corrected chi connectivity index (χ4v) is 5.89. The lowest BCUT2D eigenvalue weighted by Crippen LogP contribution is -2.51. The molecule has 3 aromatic carbocycles. The number of thioether (sulfide) groups is 1. The Morgan fingerprint density at radius 3 is 2.47 bits per heavy atom. The minimum Gasteiger partial charge on any atom is -0.350 e. The van der Waals surface area contributed by atoms with Crippen LogP contribution < -0.4 is 15.1 Å². The first kappa shape index (κ1) is 22.5. The summed E-state index contributed by atoms with van der Waals surface area (Å²) in [6.45, 7) is 2.25. The average Bonchev–Trinajstić information content (AvgIpc) is 3.30. The Morgan fingerprint density at radius 1 is 1.03 bits per heavy atom. The second-order valence-electron chi connectivity index (χ2n) is 8.31. The molecule has 2 aliphatic heterocycles. The molecule has 0 saturated carbocycles. The van der Waals surface area contributed by atoms with E-state index in [9.17, 15) is 14.4 Å². The molecule has 3 amide bonds. The zero-order chi connectivity index (χ0) is 23.9. The fraction of sp³-hybridized carbons (Fsp3) is 0.192. The summed E-state index contributed by atoms with van der Waals surface area (Å²) in [4.78, 5) is 41.6. The number of para-hydroxylation sites is 1. The van der Waals surface area contributed by atoms with Crippen molar-refractivity contribution >= 4 is 52.5 Å². The Bertz CT molecular complexity index is 1280. The van der Waals surface area contributed by atoms with Crippen LogP contribution in [0.2, 0.25) is 5.02 Å². The molecule has 0 radical (unpaired) electrons. The molecule has 1 atom stereocenters. The van der Waals surface area contributed by atoms with Crippen molar-refractivity contribution in [3.8, 4) is 0 Å². The maximum absolute atomic E-state index is 13.9. The van der Waals surface area contributed by atoms with Crippen LogP contribution in [0.25, 0.3) is 0 Å². The highest BCUT2D eigenvalue weighted by Gasteiger charge is 2.61. The van der Waals surface area contributed by atoms with Gasteiger partial charge < -0.3 is 5.32 Å². The number of hydrogen-bond donors (Lipinski definition) is 1. The predicted octanol–water partition coefficient (Wildman–Crippen LogP) is 4.24. The summed E-state index contributed by atoms with van der Waals surface area (Å²) in [5.41, 5.74) is 4.06. The number of nitrogens with zero attached hydrogens (tertiary/aromatic N) is 2. The molecule has 2 heterocycles. The summed E-state index contributed by atoms with van der Waals surface area (Å²) < 4.78 is 0. The average molecular weight is 492 g/mol. The third-order valence-electron chi connectivity index (χ3n) is 6.06. The van der Waals surface area contributed by atoms with Crippen LogP contribution in [-0.4, -0.2) is 30.0 Å². The van der Waals surface area contributed by atoms with Crippen LogP contribution in [0.3, 0.4) is 0 Å². The van der Waals surface area contributed by atoms with Crippen molar-refractivity contribution in [2.24, 2.45) is 0 Å². The Labute approximate surface area is 206 Å². The highest BCUT2D eigenvalue weighted by atomic mass is 35.5. The van der Waals surface area contributed by atoms with Gasteiger partial charge in [-0.3, -0.25) is 24.2 Å². The van der Waals surface area contributed by atoms with Crippen LogP contribution >= 0.6 is 23.4 Å². The molecule has 1 spiro atoms. The summed E-state index contributed by atoms with van der Waals surface area (Å²) in [7, 11) is 0. The van der Waals surface area contributed by atoms with E-state index in [0.29, 0.717) is 28.5 Å². The maximum Gasteiger partial charge on any atom is 0.269 e. The normalized spacial score (nSPS) is 19.1. The van der Waals surface area contributed by atoms with E-state index in [2.05, 4.69) is 5.32 Å². The number of fused-ring (bicyclic) bond motifs is 2. The molecule has 0 bridgehead atoms. The number of carbonyl (C=O) groups excluding carboxylic acids is 3. The number of aryl methyl sites for hydroxylation is 1. The molecule has 1 N–H and O–H groups in total. The van der Waals surface area contributed by atoms with Crippen molar-refractivity contribution in [3.63, 3.8) is 0 Å². The third-order valence-corrected chi connectivity index (χ3v) is 7.70. The molecule has 6 nitrogen and oxygen atoms in total. The van der Waals surface area contributed by atoms with Gasteiger partial charge in [-0.05, 0) is 42.8 Å². The Kier molecular flexibility index (Phi) is 5.83. The van der Waals surface area contributed by atoms with E-state index in [1.54, 1.807) is 29.2 Å². The molecule has 1 saturated heterocycles. The number of carbonyl (C=O) groups is 3. The van der Waals surface area contributed by atoms with E-state index in [1.165, 1.54) is 16.7 Å². The Hall–Kier alpha value is -3.29. The van der Waals surface area contributed by atoms with Crippen molar-refractivity contribution in [2.45, 2.75) is 18.3 Å². The molecule has 0 aliphatic carbocycles. The topological polar surface area (TPSA) is 69.7 Å². The summed E-state index contributed by atoms with van der Waals surface area (Å²) in [6, 6.07) is 22.1. The van der Waals surface area contributed by atoms with Gasteiger partial charge in [0, 0.05) is 22.8 Å². The quantitative estimate of drug-likeness (QED) is 0.579. The molecule has 3 aromatic rings. The van der Waals surface area contributed by atoms with Gasteiger partial charge in [0.25, 0.3) is 5.91 Å². The lowest BCUT2D eigenvalue weighted by molar-refractivity contribution is -0.125. The van der Waals surface area contributed by atoms with Gasteiger partial charge in [-0.2, -0.15) is 0 Å². The predicted molar refractivity (Wildman–Crippen MR) is 135 cm³/mol. The highest BCUT2D eigenvalue weighted by Crippen LogP contribution is 2.55. The first-order valence-electron chi connectivity index (χ1n) is 10.9. The van der Waals surface area contributed by atoms with E-state index in [4.69, 9.17) is 11.6 Å². The summed E-state index contributed by atoms with van der Waals surface area (Å²) in [5.74, 6) is -0.574. The van der Waals surface area contributed by atoms with Gasteiger partial charge in [0.05, 0.1) is 11.4 Å². The molecule has 1 fully saturated rings. The first-order chi connectivity index (χ1) is 16.4. The fourth-order valence-electron chi connectivity index (χ4n) is 4.41. The summed E-state index contributed by atoms with van der Waals surface area (Å²) in [5, 5.41) is 3.44. The van der Waals surface area contributed by atoms with E-state index >= 15 is 0 Å². The monoisotopic (exact) mass is 491 g/mol. The van der Waals surface area contributed by atoms with E-state index in [1.807, 2.05) is 55.5 Å². The van der Waals surface area contributed by atoms with Gasteiger partial charge in [-0.25, -0.2) is 0 Å². The molecule has 1 unspecified atom stereocenters. The van der Waals surface area contributed by atoms with Gasteiger partial charge in [0.15, 0.2) is 0 Å². The Balaban J connectivity index is 1.44. The molecule has 5 rings (SSSR count). The van der Waals surface area contributed by atoms with Crippen molar-refractivity contribution in [2.75, 3.05) is 22.1 Å². The lowest BCUT2D eigenvalue weighted by atomic mass is 10.0. The third kappa shape index (κ3) is 3.75. The number of halogens is 1. The van der Waals surface area contributed by atoms with E-state index < -0.39 is 4.87 Å². The zero-order valence-corrected chi connectivity index (χ0v) is 20.0. The number of rotatable bonds is 5. The minimum absolute atomic E-state index is 0.132. The van der Waals surface area contributed by atoms with Crippen LogP contribution in [0.5, 0.6) is 0 Å². The van der Waals surface area contributed by atoms with Crippen molar-refractivity contribution in [1.82, 2.24) is 5.32 Å². The number of anilines is 2. The van der Waals surface area contributed by atoms with Crippen molar-refractivity contribution in [3.05, 3.63) is 94.5 Å². The van der Waals surface area contributed by atoms with Gasteiger partial charge >= 0.3 is 0 Å². The molecule has 172 valence electrons. The van der Waals surface area contributed by atoms with Gasteiger partial charge in [0.1, 0.15) is 6.54 Å². The molecule has 0 aromatic heterocycles. The SMILES string of the molecule is Cc1ccc(CNC(=O)CN2C(=O)C3(SCC(=O)N3c3ccc(Cl)cc3)c3ccccc32)cc1. The van der Waals surface area contributed by atoms with Crippen LogP contribution in [0.15, 0.2) is 72.8 Å². The molecule has 8 heteroatoms. The molecular weight excluding hydrogens is 470 g/mol. The molecular formula is C26H22ClN3O3S. The van der Waals surface area contributed by atoms with Gasteiger partial charge in [0.2, 0.25) is 16.7 Å². The second-order valence-corrected chi connectivity index (χ2v) is 9.91. The van der Waals surface area contributed by atoms with Crippen LogP contribution in [0.4, 0.5) is 11.4 Å². The maximum atomic E-state index is 13.9. The number of benzene rings is 3. The highest BCUT2D eigenvalue weighted by molar-refractivity contribution is 8.02. The van der Waals surface area contributed by atoms with Crippen LogP contribution in [0, 0.1) is 6.92 Å². The van der Waals surface area contributed by atoms with Crippen LogP contribution in [-0.2, 0) is 25.8 Å². The minimum atomic E-state index is -1.25. The Morgan fingerprint density at radius 2 is 1.74 bits per heavy atom. The second kappa shape index (κ2) is 8.81. The zero-order valence-electron chi connectivity index (χ0n) is 18.5. The van der Waals surface area contributed by atoms with Crippen molar-refractivity contribution in [1.29, 1.82) is 0 Å². The standard InChI is InChI=1S/C26H22ClN3O3S/c1-17-6-8-18(9-7-17)14-28-23(31)15-29-22-5-3-2-4-21(22)26(25(29)33)30(24(32)16-34-26)20-12-10-19(27)11-13-20/h2-13H,14-16H2,1H3,(H,28,31). The summed E-state index contributed by atoms with van der Waals surface area (Å²) >= 11 is 7.33. The largest absolute Gasteiger partial charge is 0.350 e. The van der Waals surface area contributed by atoms with E-state index in [0.717, 1.165) is 11.1 Å². The van der Waals surface area contributed by atoms with Gasteiger partial charge in [-0.1, -0.05) is 59.6 Å². The lowest BCUT2D eigenvalue weighted by Gasteiger charge is -2.33. The smallest absolute Gasteiger partial charge is 0.269 e. The van der Waals surface area contributed by atoms with Crippen molar-refractivity contribution < 1.29 is 14.4 Å². The van der Waals surface area contributed by atoms with Gasteiger partial charge in [-0.15, -0.1) is 11.8 Å². The first-order valence-corrected chi connectivity index (χ1v) is 12.2. The summed E-state index contributed by atoms with van der Waals surface area (Å²) in [6.07, 6.45) is 0.